The van der Waals surface area contributed by atoms with Crippen molar-refractivity contribution < 1.29 is 14.8 Å². The van der Waals surface area contributed by atoms with E-state index < -0.39 is 17.9 Å². The van der Waals surface area contributed by atoms with Gasteiger partial charge in [-0.1, -0.05) is 41.4 Å². The van der Waals surface area contributed by atoms with Crippen molar-refractivity contribution in [2.75, 3.05) is 9.96 Å². The molecule has 0 saturated carbocycles. The monoisotopic (exact) mass is 350 g/mol. The highest BCUT2D eigenvalue weighted by Crippen LogP contribution is 2.31. The number of hydrogen-bond acceptors (Lipinski definition) is 4. The van der Waals surface area contributed by atoms with E-state index in [9.17, 15) is 14.8 Å². The number of halogens is 2. The average Bonchev–Trinajstić information content (AvgIpc) is 2.81. The maximum atomic E-state index is 12.6. The predicted molar refractivity (Wildman–Crippen MR) is 88.1 cm³/mol. The summed E-state index contributed by atoms with van der Waals surface area (Å²) < 4.78 is 0. The topological polar surface area (TPSA) is 60.9 Å². The first-order valence-electron chi connectivity index (χ1n) is 6.83. The second kappa shape index (κ2) is 6.20. The molecule has 1 atom stereocenters. The van der Waals surface area contributed by atoms with Gasteiger partial charge in [0, 0.05) is 10.0 Å². The molecule has 1 aliphatic heterocycles. The van der Waals surface area contributed by atoms with E-state index in [1.165, 1.54) is 18.2 Å². The van der Waals surface area contributed by atoms with Crippen LogP contribution in [0.2, 0.25) is 10.0 Å². The van der Waals surface area contributed by atoms with E-state index in [4.69, 9.17) is 23.2 Å². The van der Waals surface area contributed by atoms with E-state index in [2.05, 4.69) is 0 Å². The van der Waals surface area contributed by atoms with Gasteiger partial charge in [0.05, 0.1) is 17.8 Å². The Morgan fingerprint density at radius 1 is 1.04 bits per heavy atom. The third-order valence-corrected chi connectivity index (χ3v) is 3.98. The predicted octanol–water partition coefficient (Wildman–Crippen LogP) is 3.52. The molecule has 5 nitrogen and oxygen atoms in total. The van der Waals surface area contributed by atoms with Crippen LogP contribution in [-0.4, -0.2) is 23.1 Å². The number of rotatable bonds is 3. The Kier molecular flexibility index (Phi) is 4.26. The molecule has 1 saturated heterocycles. The van der Waals surface area contributed by atoms with Crippen molar-refractivity contribution in [3.63, 3.8) is 0 Å². The average molecular weight is 351 g/mol. The molecule has 1 N–H and O–H groups in total. The van der Waals surface area contributed by atoms with Gasteiger partial charge in [-0.15, -0.1) is 0 Å². The molecule has 23 heavy (non-hydrogen) atoms. The molecule has 0 spiro atoms. The van der Waals surface area contributed by atoms with Gasteiger partial charge in [-0.25, -0.2) is 9.96 Å². The van der Waals surface area contributed by atoms with E-state index >= 15 is 0 Å². The van der Waals surface area contributed by atoms with Crippen LogP contribution in [0, 0.1) is 0 Å². The molecule has 0 unspecified atom stereocenters. The summed E-state index contributed by atoms with van der Waals surface area (Å²) in [6.07, 6.45) is -0.131. The van der Waals surface area contributed by atoms with Crippen molar-refractivity contribution in [2.45, 2.75) is 12.5 Å². The lowest BCUT2D eigenvalue weighted by molar-refractivity contribution is -0.121. The Bertz CT molecular complexity index is 747. The van der Waals surface area contributed by atoms with Crippen molar-refractivity contribution in [2.24, 2.45) is 0 Å². The number of nitrogens with zero attached hydrogens (tertiary/aromatic N) is 2. The van der Waals surface area contributed by atoms with Crippen LogP contribution >= 0.6 is 23.2 Å². The standard InChI is InChI=1S/C16H12Cl2N2O3/c17-10-6-11(18)8-13(7-10)19-15(21)9-14(16(19)22)20(23)12-4-2-1-3-5-12/h1-8,14,23H,9H2/t14-/m1/s1. The van der Waals surface area contributed by atoms with Crippen LogP contribution in [0.4, 0.5) is 11.4 Å². The molecule has 2 aromatic rings. The van der Waals surface area contributed by atoms with Crippen molar-refractivity contribution in [3.8, 4) is 0 Å². The number of anilines is 2. The van der Waals surface area contributed by atoms with Crippen LogP contribution in [0.1, 0.15) is 6.42 Å². The van der Waals surface area contributed by atoms with E-state index in [1.54, 1.807) is 30.3 Å². The summed E-state index contributed by atoms with van der Waals surface area (Å²) in [5.41, 5.74) is 0.728. The lowest BCUT2D eigenvalue weighted by Crippen LogP contribution is -2.40. The van der Waals surface area contributed by atoms with E-state index in [-0.39, 0.29) is 6.42 Å². The van der Waals surface area contributed by atoms with Gasteiger partial charge in [0.1, 0.15) is 6.04 Å². The first kappa shape index (κ1) is 15.8. The lowest BCUT2D eigenvalue weighted by Gasteiger charge is -2.22. The molecule has 0 radical (unpaired) electrons. The van der Waals surface area contributed by atoms with Crippen molar-refractivity contribution >= 4 is 46.4 Å². The first-order valence-corrected chi connectivity index (χ1v) is 7.59. The Morgan fingerprint density at radius 2 is 1.65 bits per heavy atom. The molecule has 0 aliphatic carbocycles. The molecule has 1 aliphatic rings. The number of hydrogen-bond donors (Lipinski definition) is 1. The molecule has 2 amide bonds. The van der Waals surface area contributed by atoms with Gasteiger partial charge >= 0.3 is 0 Å². The second-order valence-electron chi connectivity index (χ2n) is 5.10. The number of imide groups is 1. The van der Waals surface area contributed by atoms with Crippen LogP contribution in [0.25, 0.3) is 0 Å². The minimum absolute atomic E-state index is 0.131. The van der Waals surface area contributed by atoms with E-state index in [1.807, 2.05) is 0 Å². The molecular weight excluding hydrogens is 339 g/mol. The molecule has 118 valence electrons. The molecule has 7 heteroatoms. The maximum Gasteiger partial charge on any atom is 0.259 e. The van der Waals surface area contributed by atoms with Crippen LogP contribution in [0.15, 0.2) is 48.5 Å². The molecule has 1 heterocycles. The summed E-state index contributed by atoms with van der Waals surface area (Å²) in [5, 5.41) is 11.7. The quantitative estimate of drug-likeness (QED) is 0.679. The lowest BCUT2D eigenvalue weighted by atomic mass is 10.2. The normalized spacial score (nSPS) is 17.7. The molecule has 2 aromatic carbocycles. The van der Waals surface area contributed by atoms with Gasteiger partial charge in [-0.3, -0.25) is 14.8 Å². The fourth-order valence-electron chi connectivity index (χ4n) is 2.51. The summed E-state index contributed by atoms with van der Waals surface area (Å²) in [4.78, 5) is 25.8. The van der Waals surface area contributed by atoms with Gasteiger partial charge in [-0.2, -0.15) is 0 Å². The van der Waals surface area contributed by atoms with Crippen LogP contribution in [0.5, 0.6) is 0 Å². The summed E-state index contributed by atoms with van der Waals surface area (Å²) in [5.74, 6) is -0.951. The maximum absolute atomic E-state index is 12.6. The zero-order valence-electron chi connectivity index (χ0n) is 11.8. The summed E-state index contributed by atoms with van der Waals surface area (Å²) in [6, 6.07) is 12.0. The molecule has 1 fully saturated rings. The Morgan fingerprint density at radius 3 is 2.26 bits per heavy atom. The SMILES string of the molecule is O=C1C[C@@H](N(O)c2ccccc2)C(=O)N1c1cc(Cl)cc(Cl)c1. The summed E-state index contributed by atoms with van der Waals surface area (Å²) >= 11 is 11.9. The Hall–Kier alpha value is -2.08. The van der Waals surface area contributed by atoms with Gasteiger partial charge in [0.25, 0.3) is 5.91 Å². The number of para-hydroxylation sites is 1. The van der Waals surface area contributed by atoms with Crippen LogP contribution < -0.4 is 9.96 Å². The van der Waals surface area contributed by atoms with Gasteiger partial charge in [-0.05, 0) is 30.3 Å². The third-order valence-electron chi connectivity index (χ3n) is 3.54. The minimum Gasteiger partial charge on any atom is -0.288 e. The van der Waals surface area contributed by atoms with Crippen LogP contribution in [-0.2, 0) is 9.59 Å². The largest absolute Gasteiger partial charge is 0.288 e. The van der Waals surface area contributed by atoms with Gasteiger partial charge < -0.3 is 0 Å². The van der Waals surface area contributed by atoms with Crippen molar-refractivity contribution in [3.05, 3.63) is 58.6 Å². The minimum atomic E-state index is -0.984. The molecule has 0 aromatic heterocycles. The number of hydroxylamine groups is 1. The molecule has 0 bridgehead atoms. The fraction of sp³-hybridized carbons (Fsp3) is 0.125. The fourth-order valence-corrected chi connectivity index (χ4v) is 3.02. The highest BCUT2D eigenvalue weighted by molar-refractivity contribution is 6.35. The first-order chi connectivity index (χ1) is 11.0. The van der Waals surface area contributed by atoms with Crippen molar-refractivity contribution in [1.82, 2.24) is 0 Å². The van der Waals surface area contributed by atoms with Gasteiger partial charge in [0.2, 0.25) is 5.91 Å². The summed E-state index contributed by atoms with van der Waals surface area (Å²) in [7, 11) is 0. The zero-order valence-corrected chi connectivity index (χ0v) is 13.3. The van der Waals surface area contributed by atoms with Gasteiger partial charge in [0.15, 0.2) is 0 Å². The Balaban J connectivity index is 1.91. The number of carbonyl (C=O) groups excluding carboxylic acids is 2. The van der Waals surface area contributed by atoms with E-state index in [0.717, 1.165) is 9.96 Å². The second-order valence-corrected chi connectivity index (χ2v) is 5.97. The number of carbonyl (C=O) groups is 2. The zero-order chi connectivity index (χ0) is 16.6. The Labute approximate surface area is 142 Å². The molecule has 3 rings (SSSR count). The smallest absolute Gasteiger partial charge is 0.259 e. The number of amides is 2. The molecular formula is C16H12Cl2N2O3. The van der Waals surface area contributed by atoms with Crippen LogP contribution in [0.3, 0.4) is 0 Å². The van der Waals surface area contributed by atoms with E-state index in [0.29, 0.717) is 21.4 Å². The number of benzene rings is 2. The summed E-state index contributed by atoms with van der Waals surface area (Å²) in [6.45, 7) is 0. The highest BCUT2D eigenvalue weighted by Gasteiger charge is 2.43. The highest BCUT2D eigenvalue weighted by atomic mass is 35.5. The van der Waals surface area contributed by atoms with Crippen molar-refractivity contribution in [1.29, 1.82) is 0 Å². The third kappa shape index (κ3) is 3.03.